The zero-order valence-corrected chi connectivity index (χ0v) is 11.5. The van der Waals surface area contributed by atoms with E-state index in [0.717, 1.165) is 43.3 Å². The fourth-order valence-electron chi connectivity index (χ4n) is 2.47. The smallest absolute Gasteiger partial charge is 0.231 e. The van der Waals surface area contributed by atoms with E-state index in [0.29, 0.717) is 12.5 Å². The number of amides is 1. The summed E-state index contributed by atoms with van der Waals surface area (Å²) in [6, 6.07) is 1.94. The van der Waals surface area contributed by atoms with Crippen molar-refractivity contribution < 1.29 is 4.79 Å². The lowest BCUT2D eigenvalue weighted by molar-refractivity contribution is -0.119. The van der Waals surface area contributed by atoms with Crippen molar-refractivity contribution in [2.24, 2.45) is 5.73 Å². The van der Waals surface area contributed by atoms with Crippen LogP contribution in [0.4, 0.5) is 5.82 Å². The molecule has 0 saturated carbocycles. The maximum absolute atomic E-state index is 10.9. The third kappa shape index (κ3) is 3.64. The number of hydrogen-bond donors (Lipinski definition) is 2. The Morgan fingerprint density at radius 2 is 2.16 bits per heavy atom. The Bertz CT molecular complexity index is 454. The number of likely N-dealkylation sites (tertiary alicyclic amines) is 1. The molecule has 0 radical (unpaired) electrons. The summed E-state index contributed by atoms with van der Waals surface area (Å²) in [5.41, 5.74) is 6.19. The van der Waals surface area contributed by atoms with Gasteiger partial charge in [0.15, 0.2) is 0 Å². The molecule has 1 aromatic heterocycles. The number of piperidine rings is 1. The maximum Gasteiger partial charge on any atom is 0.231 e. The highest BCUT2D eigenvalue weighted by Crippen LogP contribution is 2.26. The minimum Gasteiger partial charge on any atom is -0.373 e. The van der Waals surface area contributed by atoms with Gasteiger partial charge < -0.3 is 11.1 Å². The van der Waals surface area contributed by atoms with Gasteiger partial charge in [0.05, 0.1) is 6.54 Å². The van der Waals surface area contributed by atoms with Gasteiger partial charge >= 0.3 is 0 Å². The zero-order valence-electron chi connectivity index (χ0n) is 11.5. The summed E-state index contributed by atoms with van der Waals surface area (Å²) in [7, 11) is 1.86. The standard InChI is InChI=1S/C13H21N5O/c1-9-7-12(15-2)17-13(16-9)10-3-5-18(6-4-10)8-11(14)19/h7,10H,3-6,8H2,1-2H3,(H2,14,19)(H,15,16,17). The SMILES string of the molecule is CNc1cc(C)nc(C2CCN(CC(N)=O)CC2)n1. The van der Waals surface area contributed by atoms with Crippen LogP contribution in [0.3, 0.4) is 0 Å². The molecule has 0 aliphatic carbocycles. The number of nitrogens with one attached hydrogen (secondary N) is 1. The molecular weight excluding hydrogens is 242 g/mol. The average Bonchev–Trinajstić information content (AvgIpc) is 2.38. The Hall–Kier alpha value is -1.69. The summed E-state index contributed by atoms with van der Waals surface area (Å²) in [4.78, 5) is 22.0. The van der Waals surface area contributed by atoms with Gasteiger partial charge in [-0.05, 0) is 32.9 Å². The van der Waals surface area contributed by atoms with E-state index in [-0.39, 0.29) is 5.91 Å². The minimum absolute atomic E-state index is 0.261. The van der Waals surface area contributed by atoms with Crippen molar-refractivity contribution in [1.82, 2.24) is 14.9 Å². The largest absolute Gasteiger partial charge is 0.373 e. The first-order valence-corrected chi connectivity index (χ1v) is 6.62. The number of rotatable bonds is 4. The molecule has 2 rings (SSSR count). The third-order valence-electron chi connectivity index (χ3n) is 3.46. The first-order chi connectivity index (χ1) is 9.08. The summed E-state index contributed by atoms with van der Waals surface area (Å²) in [5, 5.41) is 3.06. The highest BCUT2D eigenvalue weighted by atomic mass is 16.1. The van der Waals surface area contributed by atoms with Crippen molar-refractivity contribution in [2.75, 3.05) is 32.0 Å². The molecule has 104 valence electrons. The fraction of sp³-hybridized carbons (Fsp3) is 0.615. The first-order valence-electron chi connectivity index (χ1n) is 6.62. The molecule has 0 spiro atoms. The van der Waals surface area contributed by atoms with Crippen molar-refractivity contribution in [3.63, 3.8) is 0 Å². The second kappa shape index (κ2) is 5.97. The number of nitrogens with zero attached hydrogens (tertiary/aromatic N) is 3. The summed E-state index contributed by atoms with van der Waals surface area (Å²) in [6.07, 6.45) is 1.94. The number of carbonyl (C=O) groups is 1. The predicted molar refractivity (Wildman–Crippen MR) is 73.9 cm³/mol. The van der Waals surface area contributed by atoms with Crippen molar-refractivity contribution in [1.29, 1.82) is 0 Å². The van der Waals surface area contributed by atoms with Crippen LogP contribution in [0.2, 0.25) is 0 Å². The number of primary amides is 1. The molecule has 0 bridgehead atoms. The summed E-state index contributed by atoms with van der Waals surface area (Å²) in [5.74, 6) is 1.88. The fourth-order valence-corrected chi connectivity index (χ4v) is 2.47. The third-order valence-corrected chi connectivity index (χ3v) is 3.46. The van der Waals surface area contributed by atoms with Gasteiger partial charge in [-0.1, -0.05) is 0 Å². The number of nitrogens with two attached hydrogens (primary N) is 1. The number of anilines is 1. The Morgan fingerprint density at radius 3 is 2.74 bits per heavy atom. The first kappa shape index (κ1) is 13.7. The van der Waals surface area contributed by atoms with Crippen LogP contribution in [0, 0.1) is 6.92 Å². The van der Waals surface area contributed by atoms with E-state index >= 15 is 0 Å². The second-order valence-corrected chi connectivity index (χ2v) is 5.02. The van der Waals surface area contributed by atoms with Crippen molar-refractivity contribution in [3.8, 4) is 0 Å². The highest BCUT2D eigenvalue weighted by Gasteiger charge is 2.23. The van der Waals surface area contributed by atoms with Gasteiger partial charge in [0.25, 0.3) is 0 Å². The van der Waals surface area contributed by atoms with Crippen LogP contribution in [-0.4, -0.2) is 47.5 Å². The van der Waals surface area contributed by atoms with Gasteiger partial charge in [-0.3, -0.25) is 9.69 Å². The number of carbonyl (C=O) groups excluding carboxylic acids is 1. The van der Waals surface area contributed by atoms with E-state index in [2.05, 4.69) is 20.2 Å². The van der Waals surface area contributed by atoms with E-state index in [1.54, 1.807) is 0 Å². The van der Waals surface area contributed by atoms with Gasteiger partial charge in [0.1, 0.15) is 11.6 Å². The molecule has 0 unspecified atom stereocenters. The van der Waals surface area contributed by atoms with E-state index in [4.69, 9.17) is 5.73 Å². The quantitative estimate of drug-likeness (QED) is 0.826. The highest BCUT2D eigenvalue weighted by molar-refractivity contribution is 5.75. The molecule has 0 aromatic carbocycles. The van der Waals surface area contributed by atoms with E-state index in [1.807, 2.05) is 20.0 Å². The monoisotopic (exact) mass is 263 g/mol. The Morgan fingerprint density at radius 1 is 1.47 bits per heavy atom. The summed E-state index contributed by atoms with van der Waals surface area (Å²) >= 11 is 0. The molecule has 1 fully saturated rings. The Labute approximate surface area is 113 Å². The lowest BCUT2D eigenvalue weighted by Gasteiger charge is -2.30. The molecule has 2 heterocycles. The molecule has 1 aromatic rings. The predicted octanol–water partition coefficient (Wildman–Crippen LogP) is 0.491. The van der Waals surface area contributed by atoms with Crippen molar-refractivity contribution in [3.05, 3.63) is 17.6 Å². The molecule has 1 saturated heterocycles. The Kier molecular flexibility index (Phi) is 4.31. The zero-order chi connectivity index (χ0) is 13.8. The molecule has 0 atom stereocenters. The molecular formula is C13H21N5O. The minimum atomic E-state index is -0.261. The molecule has 1 aliphatic heterocycles. The molecule has 6 heteroatoms. The number of aromatic nitrogens is 2. The van der Waals surface area contributed by atoms with Crippen molar-refractivity contribution in [2.45, 2.75) is 25.7 Å². The van der Waals surface area contributed by atoms with Crippen LogP contribution in [0.25, 0.3) is 0 Å². The van der Waals surface area contributed by atoms with Crippen molar-refractivity contribution >= 4 is 11.7 Å². The van der Waals surface area contributed by atoms with Crippen LogP contribution in [0.1, 0.15) is 30.3 Å². The number of aryl methyl sites for hydroxylation is 1. The van der Waals surface area contributed by atoms with Gasteiger partial charge in [-0.15, -0.1) is 0 Å². The van der Waals surface area contributed by atoms with Gasteiger partial charge in [-0.25, -0.2) is 9.97 Å². The summed E-state index contributed by atoms with van der Waals surface area (Å²) in [6.45, 7) is 4.08. The maximum atomic E-state index is 10.9. The van der Waals surface area contributed by atoms with Crippen LogP contribution < -0.4 is 11.1 Å². The molecule has 19 heavy (non-hydrogen) atoms. The van der Waals surface area contributed by atoms with Crippen LogP contribution >= 0.6 is 0 Å². The van der Waals surface area contributed by atoms with Gasteiger partial charge in [0, 0.05) is 24.7 Å². The molecule has 1 amide bonds. The normalized spacial score (nSPS) is 17.4. The van der Waals surface area contributed by atoms with Crippen LogP contribution in [-0.2, 0) is 4.79 Å². The lowest BCUT2D eigenvalue weighted by atomic mass is 9.96. The average molecular weight is 263 g/mol. The van der Waals surface area contributed by atoms with Crippen LogP contribution in [0.5, 0.6) is 0 Å². The van der Waals surface area contributed by atoms with E-state index < -0.39 is 0 Å². The van der Waals surface area contributed by atoms with E-state index in [1.165, 1.54) is 0 Å². The Balaban J connectivity index is 2.01. The summed E-state index contributed by atoms with van der Waals surface area (Å²) < 4.78 is 0. The van der Waals surface area contributed by atoms with Gasteiger partial charge in [-0.2, -0.15) is 0 Å². The molecule has 6 nitrogen and oxygen atoms in total. The number of hydrogen-bond acceptors (Lipinski definition) is 5. The lowest BCUT2D eigenvalue weighted by Crippen LogP contribution is -2.39. The molecule has 1 aliphatic rings. The van der Waals surface area contributed by atoms with Crippen LogP contribution in [0.15, 0.2) is 6.07 Å². The topological polar surface area (TPSA) is 84.1 Å². The second-order valence-electron chi connectivity index (χ2n) is 5.02. The van der Waals surface area contributed by atoms with E-state index in [9.17, 15) is 4.79 Å². The van der Waals surface area contributed by atoms with Gasteiger partial charge in [0.2, 0.25) is 5.91 Å². The molecule has 3 N–H and O–H groups in total.